The van der Waals surface area contributed by atoms with Gasteiger partial charge in [0.15, 0.2) is 23.0 Å². The van der Waals surface area contributed by atoms with Crippen molar-refractivity contribution in [2.45, 2.75) is 50.3 Å². The molecule has 0 amide bonds. The predicted octanol–water partition coefficient (Wildman–Crippen LogP) is 3.50. The summed E-state index contributed by atoms with van der Waals surface area (Å²) >= 11 is 0. The van der Waals surface area contributed by atoms with Crippen molar-refractivity contribution in [1.29, 1.82) is 0 Å². The molecular formula is C27H25F7N8O4. The van der Waals surface area contributed by atoms with Gasteiger partial charge in [-0.1, -0.05) is 0 Å². The first-order valence-electron chi connectivity index (χ1n) is 13.6. The molecule has 0 aliphatic carbocycles. The van der Waals surface area contributed by atoms with Gasteiger partial charge in [-0.25, -0.2) is 24.4 Å². The van der Waals surface area contributed by atoms with Crippen molar-refractivity contribution < 1.29 is 40.6 Å². The summed E-state index contributed by atoms with van der Waals surface area (Å²) in [5.74, 6) is -1.25. The zero-order valence-corrected chi connectivity index (χ0v) is 24.0. The van der Waals surface area contributed by atoms with Crippen LogP contribution in [-0.4, -0.2) is 72.8 Å². The Labute approximate surface area is 253 Å². The highest BCUT2D eigenvalue weighted by Crippen LogP contribution is 2.42. The number of aromatic nitrogens is 6. The van der Waals surface area contributed by atoms with Crippen LogP contribution in [0.15, 0.2) is 40.4 Å². The molecule has 4 heterocycles. The molecule has 1 saturated heterocycles. The number of aliphatic hydroxyl groups is 1. The summed E-state index contributed by atoms with van der Waals surface area (Å²) in [6.07, 6.45) is -5.99. The topological polar surface area (TPSA) is 151 Å². The molecule has 19 heteroatoms. The lowest BCUT2D eigenvalue weighted by Gasteiger charge is -2.47. The molecule has 0 unspecified atom stereocenters. The number of nitrogens with zero attached hydrogens (tertiary/aromatic N) is 6. The lowest BCUT2D eigenvalue weighted by Crippen LogP contribution is -2.69. The molecule has 4 aromatic rings. The van der Waals surface area contributed by atoms with E-state index < -0.39 is 65.3 Å². The number of hydrogen-bond acceptors (Lipinski definition) is 10. The van der Waals surface area contributed by atoms with E-state index in [9.17, 15) is 41.0 Å². The van der Waals surface area contributed by atoms with Gasteiger partial charge >= 0.3 is 12.4 Å². The largest absolute Gasteiger partial charge is 0.491 e. The first kappa shape index (κ1) is 32.6. The molecule has 3 aromatic heterocycles. The Morgan fingerprint density at radius 1 is 1.13 bits per heavy atom. The van der Waals surface area contributed by atoms with Gasteiger partial charge in [0.25, 0.3) is 11.1 Å². The van der Waals surface area contributed by atoms with Gasteiger partial charge in [-0.2, -0.15) is 31.4 Å². The lowest BCUT2D eigenvalue weighted by molar-refractivity contribution is -0.267. The average molecular weight is 659 g/mol. The molecule has 1 atom stereocenters. The summed E-state index contributed by atoms with van der Waals surface area (Å²) in [5.41, 5.74) is -6.94. The second kappa shape index (κ2) is 11.8. The molecule has 12 nitrogen and oxygen atoms in total. The van der Waals surface area contributed by atoms with Crippen molar-refractivity contribution in [3.05, 3.63) is 62.9 Å². The van der Waals surface area contributed by atoms with Crippen molar-refractivity contribution >= 4 is 22.4 Å². The van der Waals surface area contributed by atoms with Crippen LogP contribution in [0.4, 0.5) is 42.2 Å². The number of benzene rings is 1. The maximum absolute atomic E-state index is 15.3. The number of nitrogens with one attached hydrogen (secondary N) is 2. The van der Waals surface area contributed by atoms with Crippen LogP contribution < -0.4 is 26.1 Å². The van der Waals surface area contributed by atoms with E-state index in [0.717, 1.165) is 23.4 Å². The molecule has 0 saturated carbocycles. The Morgan fingerprint density at radius 2 is 1.85 bits per heavy atom. The Balaban J connectivity index is 1.32. The van der Waals surface area contributed by atoms with E-state index in [1.807, 2.05) is 0 Å². The van der Waals surface area contributed by atoms with Crippen molar-refractivity contribution in [2.24, 2.45) is 0 Å². The summed E-state index contributed by atoms with van der Waals surface area (Å²) in [7, 11) is 1.24. The molecule has 1 aromatic carbocycles. The Hall–Kier alpha value is -4.81. The molecule has 3 N–H and O–H groups in total. The maximum Gasteiger partial charge on any atom is 0.423 e. The van der Waals surface area contributed by atoms with Gasteiger partial charge in [-0.15, -0.1) is 0 Å². The zero-order chi connectivity index (χ0) is 33.6. The van der Waals surface area contributed by atoms with E-state index in [2.05, 4.69) is 25.4 Å². The zero-order valence-electron chi connectivity index (χ0n) is 24.0. The highest BCUT2D eigenvalue weighted by Gasteiger charge is 2.61. The molecule has 1 aliphatic rings. The van der Waals surface area contributed by atoms with E-state index in [4.69, 9.17) is 4.74 Å². The van der Waals surface area contributed by atoms with Crippen LogP contribution in [0, 0.1) is 5.82 Å². The molecule has 5 rings (SSSR count). The van der Waals surface area contributed by atoms with E-state index in [1.165, 1.54) is 24.1 Å². The first-order chi connectivity index (χ1) is 21.5. The minimum absolute atomic E-state index is 0.00501. The number of aromatic amines is 1. The maximum atomic E-state index is 15.3. The fraction of sp³-hybridized carbons (Fsp3) is 0.407. The van der Waals surface area contributed by atoms with Crippen molar-refractivity contribution in [3.8, 4) is 17.1 Å². The number of rotatable bonds is 9. The SMILES string of the molecule is COc1cnc(-c2cc3ncn(CCC[C@H](C)Nc4cn[nH]c(=O)c4C(F)(F)F)c(=O)c3cc2F)nc1N1CC(O)(C(F)(F)F)C1. The summed E-state index contributed by atoms with van der Waals surface area (Å²) in [6.45, 7) is 0.0292. The van der Waals surface area contributed by atoms with E-state index >= 15 is 4.39 Å². The Kier molecular flexibility index (Phi) is 8.39. The number of alkyl halides is 6. The van der Waals surface area contributed by atoms with Gasteiger partial charge in [0, 0.05) is 12.6 Å². The molecule has 0 radical (unpaired) electrons. The van der Waals surface area contributed by atoms with Crippen LogP contribution in [-0.2, 0) is 12.7 Å². The van der Waals surface area contributed by atoms with Gasteiger partial charge in [0.1, 0.15) is 11.4 Å². The lowest BCUT2D eigenvalue weighted by atomic mass is 9.93. The summed E-state index contributed by atoms with van der Waals surface area (Å²) in [4.78, 5) is 38.3. The van der Waals surface area contributed by atoms with Crippen molar-refractivity contribution in [1.82, 2.24) is 29.7 Å². The normalized spacial score (nSPS) is 15.5. The van der Waals surface area contributed by atoms with Crippen LogP contribution in [0.2, 0.25) is 0 Å². The Bertz CT molecular complexity index is 1890. The Morgan fingerprint density at radius 3 is 2.50 bits per heavy atom. The summed E-state index contributed by atoms with van der Waals surface area (Å²) in [5, 5.41) is 17.5. The first-order valence-corrected chi connectivity index (χ1v) is 13.6. The van der Waals surface area contributed by atoms with Crippen LogP contribution in [0.5, 0.6) is 5.75 Å². The molecule has 0 bridgehead atoms. The number of methoxy groups -OCH3 is 1. The summed E-state index contributed by atoms with van der Waals surface area (Å²) < 4.78 is 101. The molecule has 1 aliphatic heterocycles. The van der Waals surface area contributed by atoms with Crippen LogP contribution in [0.3, 0.4) is 0 Å². The van der Waals surface area contributed by atoms with Crippen LogP contribution in [0.1, 0.15) is 25.3 Å². The highest BCUT2D eigenvalue weighted by atomic mass is 19.4. The molecule has 46 heavy (non-hydrogen) atoms. The second-order valence-electron chi connectivity index (χ2n) is 10.7. The fourth-order valence-electron chi connectivity index (χ4n) is 4.98. The smallest absolute Gasteiger partial charge is 0.423 e. The van der Waals surface area contributed by atoms with Gasteiger partial charge in [-0.05, 0) is 31.9 Å². The van der Waals surface area contributed by atoms with E-state index in [-0.39, 0.29) is 46.8 Å². The van der Waals surface area contributed by atoms with Gasteiger partial charge in [0.05, 0.1) is 61.1 Å². The minimum Gasteiger partial charge on any atom is -0.491 e. The average Bonchev–Trinajstić information content (AvgIpc) is 2.95. The molecule has 1 fully saturated rings. The van der Waals surface area contributed by atoms with Gasteiger partial charge in [0.2, 0.25) is 0 Å². The van der Waals surface area contributed by atoms with Crippen molar-refractivity contribution in [2.75, 3.05) is 30.4 Å². The third kappa shape index (κ3) is 6.18. The quantitative estimate of drug-likeness (QED) is 0.228. The van der Waals surface area contributed by atoms with E-state index in [0.29, 0.717) is 6.42 Å². The number of halogens is 7. The number of aryl methyl sites for hydroxylation is 1. The number of H-pyrrole nitrogens is 1. The van der Waals surface area contributed by atoms with Crippen molar-refractivity contribution in [3.63, 3.8) is 0 Å². The highest BCUT2D eigenvalue weighted by molar-refractivity contribution is 5.83. The molecular weight excluding hydrogens is 633 g/mol. The van der Waals surface area contributed by atoms with Gasteiger partial charge < -0.3 is 20.1 Å². The minimum atomic E-state index is -4.91. The van der Waals surface area contributed by atoms with Crippen LogP contribution >= 0.6 is 0 Å². The number of fused-ring (bicyclic) bond motifs is 1. The standard InChI is InChI=1S/C27H25F7N8O4/c1-13(38-18-8-37-40-23(43)20(18)26(29,30)31)4-3-5-41-12-36-17-7-14(16(28)6-15(17)24(41)44)21-35-9-19(46-2)22(39-21)42-10-25(45,11-42)27(32,33)34/h6-9,12-13,45H,3-5,10-11H2,1-2H3,(H2,38,40,43)/t13-/m0/s1. The second-order valence-corrected chi connectivity index (χ2v) is 10.7. The third-order valence-corrected chi connectivity index (χ3v) is 7.42. The monoisotopic (exact) mass is 658 g/mol. The summed E-state index contributed by atoms with van der Waals surface area (Å²) in [6, 6.07) is 1.59. The van der Waals surface area contributed by atoms with E-state index in [1.54, 1.807) is 12.0 Å². The number of ether oxygens (including phenoxy) is 1. The number of β-amino-alcohol motifs (C(OH)–C–C–N with tert-alkyl or cyclic N) is 1. The molecule has 246 valence electrons. The molecule has 0 spiro atoms. The third-order valence-electron chi connectivity index (χ3n) is 7.42. The predicted molar refractivity (Wildman–Crippen MR) is 149 cm³/mol. The van der Waals surface area contributed by atoms with Gasteiger partial charge in [-0.3, -0.25) is 14.2 Å². The number of hydrogen-bond donors (Lipinski definition) is 3. The van der Waals surface area contributed by atoms with Crippen LogP contribution in [0.25, 0.3) is 22.3 Å². The number of anilines is 2. The fourth-order valence-corrected chi connectivity index (χ4v) is 4.98.